The van der Waals surface area contributed by atoms with Gasteiger partial charge < -0.3 is 10.6 Å². The molecule has 14 heavy (non-hydrogen) atoms. The number of carbonyl (C=O) groups is 1. The Labute approximate surface area is 86.6 Å². The summed E-state index contributed by atoms with van der Waals surface area (Å²) in [4.78, 5) is 13.7. The largest absolute Gasteiger partial charge is 0.341 e. The molecule has 0 bridgehead atoms. The Morgan fingerprint density at radius 2 is 2.07 bits per heavy atom. The zero-order valence-corrected chi connectivity index (χ0v) is 9.33. The van der Waals surface area contributed by atoms with E-state index >= 15 is 0 Å². The van der Waals surface area contributed by atoms with Crippen molar-refractivity contribution in [3.63, 3.8) is 0 Å². The van der Waals surface area contributed by atoms with Crippen molar-refractivity contribution in [2.75, 3.05) is 13.1 Å². The highest BCUT2D eigenvalue weighted by Gasteiger charge is 2.23. The molecule has 0 aromatic carbocycles. The maximum Gasteiger partial charge on any atom is 0.239 e. The number of piperidine rings is 1. The topological polar surface area (TPSA) is 46.3 Å². The van der Waals surface area contributed by atoms with E-state index in [-0.39, 0.29) is 11.9 Å². The summed E-state index contributed by atoms with van der Waals surface area (Å²) < 4.78 is 0. The third-order valence-corrected chi connectivity index (χ3v) is 3.01. The molecular formula is C11H22N2O. The van der Waals surface area contributed by atoms with Crippen LogP contribution in [0, 0.1) is 5.92 Å². The second-order valence-corrected chi connectivity index (χ2v) is 4.40. The highest BCUT2D eigenvalue weighted by atomic mass is 16.2. The third kappa shape index (κ3) is 2.98. The molecule has 1 fully saturated rings. The van der Waals surface area contributed by atoms with Gasteiger partial charge in [0.05, 0.1) is 6.04 Å². The number of nitrogens with two attached hydrogens (primary N) is 1. The molecule has 0 spiro atoms. The van der Waals surface area contributed by atoms with Gasteiger partial charge >= 0.3 is 0 Å². The quantitative estimate of drug-likeness (QED) is 0.744. The van der Waals surface area contributed by atoms with E-state index < -0.39 is 0 Å². The summed E-state index contributed by atoms with van der Waals surface area (Å²) >= 11 is 0. The molecule has 1 rings (SSSR count). The molecule has 0 aromatic rings. The highest BCUT2D eigenvalue weighted by Crippen LogP contribution is 2.16. The van der Waals surface area contributed by atoms with Gasteiger partial charge in [-0.15, -0.1) is 0 Å². The predicted molar refractivity (Wildman–Crippen MR) is 57.9 cm³/mol. The summed E-state index contributed by atoms with van der Waals surface area (Å²) in [5.41, 5.74) is 5.80. The zero-order chi connectivity index (χ0) is 10.6. The van der Waals surface area contributed by atoms with Crippen molar-refractivity contribution < 1.29 is 4.79 Å². The summed E-state index contributed by atoms with van der Waals surface area (Å²) in [5.74, 6) is 0.917. The van der Waals surface area contributed by atoms with E-state index in [1.807, 2.05) is 4.90 Å². The van der Waals surface area contributed by atoms with Gasteiger partial charge in [0.25, 0.3) is 0 Å². The molecule has 1 saturated heterocycles. The van der Waals surface area contributed by atoms with Crippen molar-refractivity contribution in [3.05, 3.63) is 0 Å². The van der Waals surface area contributed by atoms with Crippen LogP contribution >= 0.6 is 0 Å². The first-order valence-corrected chi connectivity index (χ1v) is 5.69. The van der Waals surface area contributed by atoms with Crippen LogP contribution in [0.4, 0.5) is 0 Å². The number of hydrogen-bond acceptors (Lipinski definition) is 2. The van der Waals surface area contributed by atoms with E-state index in [2.05, 4.69) is 13.8 Å². The fraction of sp³-hybridized carbons (Fsp3) is 0.909. The Hall–Kier alpha value is -0.570. The molecule has 1 aliphatic rings. The number of rotatable bonds is 3. The molecular weight excluding hydrogens is 176 g/mol. The monoisotopic (exact) mass is 198 g/mol. The minimum Gasteiger partial charge on any atom is -0.341 e. The number of likely N-dealkylation sites (tertiary alicyclic amines) is 1. The van der Waals surface area contributed by atoms with Gasteiger partial charge in [0, 0.05) is 13.1 Å². The second kappa shape index (κ2) is 5.35. The lowest BCUT2D eigenvalue weighted by molar-refractivity contribution is -0.134. The molecule has 0 unspecified atom stereocenters. The Morgan fingerprint density at radius 1 is 1.50 bits per heavy atom. The average Bonchev–Trinajstić information content (AvgIpc) is 2.18. The van der Waals surface area contributed by atoms with Crippen LogP contribution in [0.25, 0.3) is 0 Å². The van der Waals surface area contributed by atoms with Gasteiger partial charge in [-0.25, -0.2) is 0 Å². The van der Waals surface area contributed by atoms with Gasteiger partial charge in [-0.3, -0.25) is 4.79 Å². The summed E-state index contributed by atoms with van der Waals surface area (Å²) in [6.45, 7) is 6.11. The van der Waals surface area contributed by atoms with E-state index in [9.17, 15) is 4.79 Å². The average molecular weight is 198 g/mol. The van der Waals surface area contributed by atoms with Gasteiger partial charge in [0.1, 0.15) is 0 Å². The summed E-state index contributed by atoms with van der Waals surface area (Å²) in [6, 6.07) is -0.270. The SMILES string of the molecule is CCC[C@@H](N)C(=O)N1CCC(C)CC1. The minimum absolute atomic E-state index is 0.152. The fourth-order valence-corrected chi connectivity index (χ4v) is 1.90. The number of amides is 1. The summed E-state index contributed by atoms with van der Waals surface area (Å²) in [6.07, 6.45) is 4.05. The van der Waals surface area contributed by atoms with Crippen LogP contribution in [0.3, 0.4) is 0 Å². The molecule has 0 aliphatic carbocycles. The Kier molecular flexibility index (Phi) is 4.39. The lowest BCUT2D eigenvalue weighted by Gasteiger charge is -2.32. The normalized spacial score (nSPS) is 20.9. The molecule has 3 heteroatoms. The first-order valence-electron chi connectivity index (χ1n) is 5.69. The van der Waals surface area contributed by atoms with Gasteiger partial charge in [0.15, 0.2) is 0 Å². The maximum atomic E-state index is 11.8. The number of carbonyl (C=O) groups excluding carboxylic acids is 1. The van der Waals surface area contributed by atoms with Crippen molar-refractivity contribution in [2.24, 2.45) is 11.7 Å². The molecule has 82 valence electrons. The smallest absolute Gasteiger partial charge is 0.239 e. The van der Waals surface area contributed by atoms with Gasteiger partial charge in [-0.2, -0.15) is 0 Å². The highest BCUT2D eigenvalue weighted by molar-refractivity contribution is 5.81. The van der Waals surface area contributed by atoms with Crippen LogP contribution < -0.4 is 5.73 Å². The summed E-state index contributed by atoms with van der Waals surface area (Å²) in [7, 11) is 0. The van der Waals surface area contributed by atoms with Crippen molar-refractivity contribution >= 4 is 5.91 Å². The first-order chi connectivity index (χ1) is 6.65. The molecule has 2 N–H and O–H groups in total. The van der Waals surface area contributed by atoms with E-state index in [1.165, 1.54) is 0 Å². The van der Waals surface area contributed by atoms with Crippen molar-refractivity contribution in [1.82, 2.24) is 4.90 Å². The standard InChI is InChI=1S/C11H22N2O/c1-3-4-10(12)11(14)13-7-5-9(2)6-8-13/h9-10H,3-8,12H2,1-2H3/t10-/m1/s1. The van der Waals surface area contributed by atoms with E-state index in [4.69, 9.17) is 5.73 Å². The summed E-state index contributed by atoms with van der Waals surface area (Å²) in [5, 5.41) is 0. The van der Waals surface area contributed by atoms with E-state index in [0.717, 1.165) is 44.7 Å². The van der Waals surface area contributed by atoms with Gasteiger partial charge in [-0.1, -0.05) is 20.3 Å². The molecule has 0 radical (unpaired) electrons. The second-order valence-electron chi connectivity index (χ2n) is 4.40. The van der Waals surface area contributed by atoms with Crippen LogP contribution in [-0.4, -0.2) is 29.9 Å². The minimum atomic E-state index is -0.270. The Balaban J connectivity index is 2.37. The Bertz CT molecular complexity index is 186. The molecule has 1 atom stereocenters. The van der Waals surface area contributed by atoms with Crippen molar-refractivity contribution in [2.45, 2.75) is 45.6 Å². The van der Waals surface area contributed by atoms with E-state index in [1.54, 1.807) is 0 Å². The van der Waals surface area contributed by atoms with Crippen molar-refractivity contribution in [3.8, 4) is 0 Å². The van der Waals surface area contributed by atoms with Crippen molar-refractivity contribution in [1.29, 1.82) is 0 Å². The first kappa shape index (κ1) is 11.5. The van der Waals surface area contributed by atoms with Gasteiger partial charge in [0.2, 0.25) is 5.91 Å². The van der Waals surface area contributed by atoms with Crippen LogP contribution in [0.5, 0.6) is 0 Å². The van der Waals surface area contributed by atoms with Crippen LogP contribution in [0.2, 0.25) is 0 Å². The Morgan fingerprint density at radius 3 is 2.57 bits per heavy atom. The van der Waals surface area contributed by atoms with Gasteiger partial charge in [-0.05, 0) is 25.2 Å². The number of hydrogen-bond donors (Lipinski definition) is 1. The van der Waals surface area contributed by atoms with E-state index in [0.29, 0.717) is 0 Å². The lowest BCUT2D eigenvalue weighted by Crippen LogP contribution is -2.46. The molecule has 0 aromatic heterocycles. The van der Waals surface area contributed by atoms with Crippen LogP contribution in [-0.2, 0) is 4.79 Å². The zero-order valence-electron chi connectivity index (χ0n) is 9.33. The van der Waals surface area contributed by atoms with Crippen LogP contribution in [0.1, 0.15) is 39.5 Å². The van der Waals surface area contributed by atoms with Crippen LogP contribution in [0.15, 0.2) is 0 Å². The molecule has 1 aliphatic heterocycles. The third-order valence-electron chi connectivity index (χ3n) is 3.01. The molecule has 0 saturated carbocycles. The molecule has 1 amide bonds. The lowest BCUT2D eigenvalue weighted by atomic mass is 9.98. The number of nitrogens with zero attached hydrogens (tertiary/aromatic N) is 1. The fourth-order valence-electron chi connectivity index (χ4n) is 1.90. The maximum absolute atomic E-state index is 11.8. The molecule has 3 nitrogen and oxygen atoms in total. The predicted octanol–water partition coefficient (Wildman–Crippen LogP) is 1.37. The molecule has 1 heterocycles.